The fraction of sp³-hybridized carbons (Fsp3) is 0.154. The molecule has 1 aliphatic heterocycles. The van der Waals surface area contributed by atoms with Gasteiger partial charge in [-0.1, -0.05) is 59.8 Å². The van der Waals surface area contributed by atoms with Gasteiger partial charge in [-0.15, -0.1) is 5.10 Å². The number of fused-ring (bicyclic) bond motifs is 1. The molecule has 1 unspecified atom stereocenters. The van der Waals surface area contributed by atoms with Crippen LogP contribution < -0.4 is 10.6 Å². The van der Waals surface area contributed by atoms with Gasteiger partial charge in [-0.3, -0.25) is 9.78 Å². The van der Waals surface area contributed by atoms with E-state index in [1.54, 1.807) is 17.1 Å². The van der Waals surface area contributed by atoms with Gasteiger partial charge in [0.15, 0.2) is 0 Å². The average molecular weight is 503 g/mol. The van der Waals surface area contributed by atoms with Crippen LogP contribution in [0.3, 0.4) is 0 Å². The van der Waals surface area contributed by atoms with E-state index >= 15 is 0 Å². The number of carbonyl (C=O) groups excluding carboxylic acids is 1. The van der Waals surface area contributed by atoms with Gasteiger partial charge in [0.1, 0.15) is 6.04 Å². The van der Waals surface area contributed by atoms with Crippen LogP contribution in [0.5, 0.6) is 0 Å². The minimum atomic E-state index is -0.480. The molecule has 7 nitrogen and oxygen atoms in total. The standard InChI is InChI=1S/C26H23ClN6OS/c1-16-7-5-10-20(13-16)30-24(34)22-17(2)29-25-31-26(35-15-19-8-3-4-11-21(19)27)32-33(25)23(22)18-9-6-12-28-14-18/h3-14,23H,15H2,1-2H3,(H,30,34)(H,29,31,32). The van der Waals surface area contributed by atoms with Crippen molar-refractivity contribution in [1.29, 1.82) is 0 Å². The molecule has 176 valence electrons. The van der Waals surface area contributed by atoms with E-state index in [1.165, 1.54) is 11.8 Å². The molecule has 1 aliphatic rings. The fourth-order valence-corrected chi connectivity index (χ4v) is 5.13. The number of halogens is 1. The van der Waals surface area contributed by atoms with Crippen LogP contribution in [-0.4, -0.2) is 25.7 Å². The number of allylic oxidation sites excluding steroid dienone is 1. The van der Waals surface area contributed by atoms with E-state index < -0.39 is 6.04 Å². The van der Waals surface area contributed by atoms with E-state index in [-0.39, 0.29) is 5.91 Å². The van der Waals surface area contributed by atoms with Gasteiger partial charge >= 0.3 is 0 Å². The number of anilines is 2. The first kappa shape index (κ1) is 23.1. The van der Waals surface area contributed by atoms with Gasteiger partial charge in [0, 0.05) is 34.6 Å². The predicted octanol–water partition coefficient (Wildman–Crippen LogP) is 5.85. The van der Waals surface area contributed by atoms with Crippen LogP contribution in [-0.2, 0) is 10.5 Å². The van der Waals surface area contributed by atoms with E-state index in [0.29, 0.717) is 33.2 Å². The third-order valence-corrected chi connectivity index (χ3v) is 6.92. The number of nitrogens with zero attached hydrogens (tertiary/aromatic N) is 4. The maximum absolute atomic E-state index is 13.5. The molecule has 0 saturated carbocycles. The minimum absolute atomic E-state index is 0.208. The number of benzene rings is 2. The lowest BCUT2D eigenvalue weighted by Crippen LogP contribution is -2.31. The number of carbonyl (C=O) groups is 1. The molecule has 35 heavy (non-hydrogen) atoms. The van der Waals surface area contributed by atoms with Crippen molar-refractivity contribution < 1.29 is 4.79 Å². The van der Waals surface area contributed by atoms with Crippen LogP contribution >= 0.6 is 23.4 Å². The van der Waals surface area contributed by atoms with Crippen molar-refractivity contribution in [3.05, 3.63) is 106 Å². The van der Waals surface area contributed by atoms with Gasteiger partial charge in [0.2, 0.25) is 11.1 Å². The fourth-order valence-electron chi connectivity index (χ4n) is 4.01. The Morgan fingerprint density at radius 2 is 2.00 bits per heavy atom. The normalized spacial score (nSPS) is 14.9. The number of nitrogens with one attached hydrogen (secondary N) is 2. The third kappa shape index (κ3) is 4.94. The molecule has 9 heteroatoms. The molecule has 1 atom stereocenters. The number of aryl methyl sites for hydroxylation is 1. The van der Waals surface area contributed by atoms with Crippen molar-refractivity contribution in [1.82, 2.24) is 19.7 Å². The molecule has 3 heterocycles. The van der Waals surface area contributed by atoms with Crippen LogP contribution in [0, 0.1) is 6.92 Å². The Bertz CT molecular complexity index is 1420. The van der Waals surface area contributed by atoms with Crippen molar-refractivity contribution >= 4 is 40.9 Å². The summed E-state index contributed by atoms with van der Waals surface area (Å²) in [5.74, 6) is 0.999. The summed E-state index contributed by atoms with van der Waals surface area (Å²) >= 11 is 7.81. The zero-order valence-corrected chi connectivity index (χ0v) is 20.8. The summed E-state index contributed by atoms with van der Waals surface area (Å²) < 4.78 is 1.75. The molecular formula is C26H23ClN6OS. The Balaban J connectivity index is 1.48. The highest BCUT2D eigenvalue weighted by molar-refractivity contribution is 7.98. The van der Waals surface area contributed by atoms with Crippen LogP contribution in [0.4, 0.5) is 11.6 Å². The quantitative estimate of drug-likeness (QED) is 0.321. The molecule has 2 aromatic carbocycles. The molecule has 4 aromatic rings. The Labute approximate surface area is 212 Å². The molecule has 1 amide bonds. The number of pyridine rings is 1. The SMILES string of the molecule is CC1=C(C(=O)Nc2cccc(C)c2)C(c2cccnc2)n2nc(SCc3ccccc3Cl)nc2N1. The minimum Gasteiger partial charge on any atom is -0.328 e. The second-order valence-electron chi connectivity index (χ2n) is 8.22. The van der Waals surface area contributed by atoms with E-state index in [2.05, 4.69) is 20.6 Å². The van der Waals surface area contributed by atoms with Gasteiger partial charge in [0.25, 0.3) is 5.91 Å². The molecule has 0 fully saturated rings. The van der Waals surface area contributed by atoms with Gasteiger partial charge in [-0.2, -0.15) is 4.98 Å². The highest BCUT2D eigenvalue weighted by atomic mass is 35.5. The van der Waals surface area contributed by atoms with E-state index in [1.807, 2.05) is 74.5 Å². The maximum Gasteiger partial charge on any atom is 0.255 e. The zero-order chi connectivity index (χ0) is 24.4. The lowest BCUT2D eigenvalue weighted by atomic mass is 9.96. The van der Waals surface area contributed by atoms with E-state index in [4.69, 9.17) is 16.7 Å². The second-order valence-corrected chi connectivity index (χ2v) is 9.57. The molecule has 0 saturated heterocycles. The van der Waals surface area contributed by atoms with Gasteiger partial charge in [-0.05, 0) is 54.8 Å². The molecule has 2 aromatic heterocycles. The number of amides is 1. The summed E-state index contributed by atoms with van der Waals surface area (Å²) in [4.78, 5) is 22.5. The first-order valence-corrected chi connectivity index (χ1v) is 12.4. The topological polar surface area (TPSA) is 84.7 Å². The molecule has 0 radical (unpaired) electrons. The average Bonchev–Trinajstić information content (AvgIpc) is 3.25. The van der Waals surface area contributed by atoms with Crippen LogP contribution in [0.1, 0.15) is 29.7 Å². The monoisotopic (exact) mass is 502 g/mol. The van der Waals surface area contributed by atoms with Crippen LogP contribution in [0.2, 0.25) is 5.02 Å². The molecule has 0 bridgehead atoms. The molecule has 0 spiro atoms. The maximum atomic E-state index is 13.5. The number of thioether (sulfide) groups is 1. The Morgan fingerprint density at radius 3 is 2.77 bits per heavy atom. The summed E-state index contributed by atoms with van der Waals surface area (Å²) in [6.45, 7) is 3.87. The second kappa shape index (κ2) is 9.93. The van der Waals surface area contributed by atoms with Gasteiger partial charge < -0.3 is 10.6 Å². The highest BCUT2D eigenvalue weighted by Gasteiger charge is 2.34. The predicted molar refractivity (Wildman–Crippen MR) is 140 cm³/mol. The number of hydrogen-bond donors (Lipinski definition) is 2. The molecular weight excluding hydrogens is 480 g/mol. The summed E-state index contributed by atoms with van der Waals surface area (Å²) in [5, 5.41) is 12.4. The first-order valence-electron chi connectivity index (χ1n) is 11.1. The Hall–Kier alpha value is -3.62. The van der Waals surface area contributed by atoms with Gasteiger partial charge in [-0.25, -0.2) is 4.68 Å². The summed E-state index contributed by atoms with van der Waals surface area (Å²) in [6.07, 6.45) is 3.46. The van der Waals surface area contributed by atoms with Crippen molar-refractivity contribution in [3.63, 3.8) is 0 Å². The lowest BCUT2D eigenvalue weighted by molar-refractivity contribution is -0.113. The molecule has 0 aliphatic carbocycles. The summed E-state index contributed by atoms with van der Waals surface area (Å²) in [5.41, 5.74) is 4.93. The van der Waals surface area contributed by atoms with Crippen LogP contribution in [0.25, 0.3) is 0 Å². The van der Waals surface area contributed by atoms with Crippen molar-refractivity contribution in [2.75, 3.05) is 10.6 Å². The van der Waals surface area contributed by atoms with Crippen molar-refractivity contribution in [2.45, 2.75) is 30.8 Å². The van der Waals surface area contributed by atoms with E-state index in [0.717, 1.165) is 22.4 Å². The number of aromatic nitrogens is 4. The van der Waals surface area contributed by atoms with Crippen molar-refractivity contribution in [3.8, 4) is 0 Å². The Morgan fingerprint density at radius 1 is 1.14 bits per heavy atom. The lowest BCUT2D eigenvalue weighted by Gasteiger charge is -2.28. The van der Waals surface area contributed by atoms with Gasteiger partial charge in [0.05, 0.1) is 5.57 Å². The largest absolute Gasteiger partial charge is 0.328 e. The highest BCUT2D eigenvalue weighted by Crippen LogP contribution is 2.37. The zero-order valence-electron chi connectivity index (χ0n) is 19.2. The van der Waals surface area contributed by atoms with E-state index in [9.17, 15) is 4.79 Å². The van der Waals surface area contributed by atoms with Crippen molar-refractivity contribution in [2.24, 2.45) is 0 Å². The summed E-state index contributed by atoms with van der Waals surface area (Å²) in [7, 11) is 0. The molecule has 2 N–H and O–H groups in total. The first-order chi connectivity index (χ1) is 17.0. The smallest absolute Gasteiger partial charge is 0.255 e. The Kier molecular flexibility index (Phi) is 6.57. The van der Waals surface area contributed by atoms with Crippen LogP contribution in [0.15, 0.2) is 89.5 Å². The molecule has 5 rings (SSSR count). The summed E-state index contributed by atoms with van der Waals surface area (Å²) in [6, 6.07) is 18.8. The number of hydrogen-bond acceptors (Lipinski definition) is 6. The third-order valence-electron chi connectivity index (χ3n) is 5.67. The number of rotatable bonds is 6.